The highest BCUT2D eigenvalue weighted by atomic mass is 19.4. The average Bonchev–Trinajstić information content (AvgIpc) is 2.96. The molecule has 1 aliphatic carbocycles. The molecule has 0 aliphatic heterocycles. The predicted octanol–water partition coefficient (Wildman–Crippen LogP) is 3.43. The molecule has 94 valence electrons. The molecule has 0 spiro atoms. The smallest absolute Gasteiger partial charge is 0.392 e. The second kappa shape index (κ2) is 3.73. The number of halogens is 3. The lowest BCUT2D eigenvalue weighted by atomic mass is 9.87. The molecule has 0 amide bonds. The van der Waals surface area contributed by atoms with Crippen LogP contribution in [0.2, 0.25) is 0 Å². The Balaban J connectivity index is 2.40. The van der Waals surface area contributed by atoms with Gasteiger partial charge in [0.15, 0.2) is 0 Å². The average molecular weight is 244 g/mol. The number of alkyl halides is 3. The molecule has 1 aliphatic rings. The normalized spacial score (nSPS) is 20.1. The maximum atomic E-state index is 12.5. The Bertz CT molecular complexity index is 431. The molecule has 4 heteroatoms. The third-order valence-corrected chi connectivity index (χ3v) is 3.68. The molecule has 1 nitrogen and oxygen atoms in total. The predicted molar refractivity (Wildman–Crippen MR) is 58.8 cm³/mol. The lowest BCUT2D eigenvalue weighted by Gasteiger charge is -2.22. The maximum Gasteiger partial charge on any atom is 0.416 e. The Morgan fingerprint density at radius 3 is 2.24 bits per heavy atom. The van der Waals surface area contributed by atoms with Crippen molar-refractivity contribution in [2.24, 2.45) is 0 Å². The highest BCUT2D eigenvalue weighted by Crippen LogP contribution is 2.52. The molecule has 1 unspecified atom stereocenters. The molecule has 17 heavy (non-hydrogen) atoms. The summed E-state index contributed by atoms with van der Waals surface area (Å²) in [4.78, 5) is 0. The van der Waals surface area contributed by atoms with E-state index in [0.717, 1.165) is 30.5 Å². The van der Waals surface area contributed by atoms with Crippen molar-refractivity contribution in [2.75, 3.05) is 0 Å². The van der Waals surface area contributed by atoms with E-state index < -0.39 is 17.8 Å². The zero-order valence-electron chi connectivity index (χ0n) is 9.80. The minimum Gasteiger partial charge on any atom is -0.392 e. The zero-order chi connectivity index (χ0) is 12.8. The van der Waals surface area contributed by atoms with Crippen molar-refractivity contribution in [1.29, 1.82) is 0 Å². The summed E-state index contributed by atoms with van der Waals surface area (Å²) < 4.78 is 37.6. The van der Waals surface area contributed by atoms with E-state index in [1.807, 2.05) is 0 Å². The van der Waals surface area contributed by atoms with Crippen LogP contribution in [0.25, 0.3) is 0 Å². The van der Waals surface area contributed by atoms with E-state index in [1.165, 1.54) is 6.07 Å². The number of hydrogen-bond acceptors (Lipinski definition) is 1. The summed E-state index contributed by atoms with van der Waals surface area (Å²) in [5.41, 5.74) is 0.521. The van der Waals surface area contributed by atoms with E-state index in [-0.39, 0.29) is 5.41 Å². The van der Waals surface area contributed by atoms with E-state index in [4.69, 9.17) is 0 Å². The van der Waals surface area contributed by atoms with Gasteiger partial charge in [0.1, 0.15) is 0 Å². The summed E-state index contributed by atoms with van der Waals surface area (Å²) in [6.45, 7) is 3.37. The van der Waals surface area contributed by atoms with Crippen molar-refractivity contribution in [3.63, 3.8) is 0 Å². The number of aliphatic hydroxyl groups is 1. The van der Waals surface area contributed by atoms with Crippen LogP contribution >= 0.6 is 0 Å². The fourth-order valence-electron chi connectivity index (χ4n) is 2.45. The van der Waals surface area contributed by atoms with E-state index in [9.17, 15) is 18.3 Å². The van der Waals surface area contributed by atoms with E-state index in [0.29, 0.717) is 5.56 Å². The fourth-order valence-corrected chi connectivity index (χ4v) is 2.45. The molecule has 0 saturated heterocycles. The van der Waals surface area contributed by atoms with Crippen molar-refractivity contribution in [1.82, 2.24) is 0 Å². The van der Waals surface area contributed by atoms with Gasteiger partial charge in [0.25, 0.3) is 0 Å². The molecule has 2 rings (SSSR count). The van der Waals surface area contributed by atoms with Crippen LogP contribution < -0.4 is 0 Å². The molecule has 1 N–H and O–H groups in total. The monoisotopic (exact) mass is 244 g/mol. The van der Waals surface area contributed by atoms with Gasteiger partial charge in [-0.1, -0.05) is 6.07 Å². The van der Waals surface area contributed by atoms with Crippen molar-refractivity contribution in [2.45, 2.75) is 44.4 Å². The fraction of sp³-hybridized carbons (Fsp3) is 0.538. The Kier molecular flexibility index (Phi) is 2.73. The lowest BCUT2D eigenvalue weighted by Crippen LogP contribution is -2.23. The number of aryl methyl sites for hydroxylation is 1. The summed E-state index contributed by atoms with van der Waals surface area (Å²) in [5, 5.41) is 9.73. The molecule has 1 atom stereocenters. The van der Waals surface area contributed by atoms with Gasteiger partial charge in [0.05, 0.1) is 11.7 Å². The standard InChI is InChI=1S/C13H15F3O/c1-8-7-10(13(14,15)16)3-4-11(8)12(5-6-12)9(2)17/h3-4,7,9,17H,5-6H2,1-2H3. The molecule has 0 heterocycles. The van der Waals surface area contributed by atoms with Crippen molar-refractivity contribution < 1.29 is 18.3 Å². The van der Waals surface area contributed by atoms with Gasteiger partial charge in [-0.2, -0.15) is 13.2 Å². The Hall–Kier alpha value is -1.03. The third-order valence-electron chi connectivity index (χ3n) is 3.68. The number of rotatable bonds is 2. The Labute approximate surface area is 98.3 Å². The van der Waals surface area contributed by atoms with Crippen molar-refractivity contribution in [3.05, 3.63) is 34.9 Å². The first-order valence-corrected chi connectivity index (χ1v) is 5.64. The van der Waals surface area contributed by atoms with E-state index in [1.54, 1.807) is 13.8 Å². The summed E-state index contributed by atoms with van der Waals surface area (Å²) in [6.07, 6.45) is -3.13. The minimum absolute atomic E-state index is 0.311. The van der Waals surface area contributed by atoms with Crippen molar-refractivity contribution >= 4 is 0 Å². The van der Waals surface area contributed by atoms with E-state index in [2.05, 4.69) is 0 Å². The van der Waals surface area contributed by atoms with Gasteiger partial charge < -0.3 is 5.11 Å². The Morgan fingerprint density at radius 2 is 1.88 bits per heavy atom. The second-order valence-corrected chi connectivity index (χ2v) is 4.86. The van der Waals surface area contributed by atoms with Crippen LogP contribution in [-0.4, -0.2) is 11.2 Å². The maximum absolute atomic E-state index is 12.5. The molecule has 1 aromatic carbocycles. The molecule has 0 aromatic heterocycles. The minimum atomic E-state index is -4.30. The molecule has 0 bridgehead atoms. The largest absolute Gasteiger partial charge is 0.416 e. The molecular weight excluding hydrogens is 229 g/mol. The summed E-state index contributed by atoms with van der Waals surface area (Å²) in [7, 11) is 0. The molecule has 1 fully saturated rings. The molecule has 0 radical (unpaired) electrons. The summed E-state index contributed by atoms with van der Waals surface area (Å²) >= 11 is 0. The van der Waals surface area contributed by atoms with Crippen LogP contribution in [0.15, 0.2) is 18.2 Å². The number of hydrogen-bond donors (Lipinski definition) is 1. The van der Waals surface area contributed by atoms with Crippen LogP contribution in [0.1, 0.15) is 36.5 Å². The van der Waals surface area contributed by atoms with Gasteiger partial charge in [0.2, 0.25) is 0 Å². The zero-order valence-corrected chi connectivity index (χ0v) is 9.80. The second-order valence-electron chi connectivity index (χ2n) is 4.86. The molecule has 1 saturated carbocycles. The van der Waals surface area contributed by atoms with Gasteiger partial charge in [0, 0.05) is 5.41 Å². The van der Waals surface area contributed by atoms with Crippen molar-refractivity contribution in [3.8, 4) is 0 Å². The SMILES string of the molecule is Cc1cc(C(F)(F)F)ccc1C1(C(C)O)CC1. The van der Waals surface area contributed by atoms with Crippen LogP contribution in [0.4, 0.5) is 13.2 Å². The van der Waals surface area contributed by atoms with E-state index >= 15 is 0 Å². The number of aliphatic hydroxyl groups excluding tert-OH is 1. The van der Waals surface area contributed by atoms with Gasteiger partial charge in [-0.25, -0.2) is 0 Å². The van der Waals surface area contributed by atoms with Crippen LogP contribution in [0.5, 0.6) is 0 Å². The van der Waals surface area contributed by atoms with Gasteiger partial charge in [-0.15, -0.1) is 0 Å². The quantitative estimate of drug-likeness (QED) is 0.845. The Morgan fingerprint density at radius 1 is 1.29 bits per heavy atom. The first-order chi connectivity index (χ1) is 7.77. The number of benzene rings is 1. The summed E-state index contributed by atoms with van der Waals surface area (Å²) in [5.74, 6) is 0. The van der Waals surface area contributed by atoms with Gasteiger partial charge in [-0.3, -0.25) is 0 Å². The lowest BCUT2D eigenvalue weighted by molar-refractivity contribution is -0.137. The first kappa shape index (κ1) is 12.4. The molecule has 1 aromatic rings. The molecular formula is C13H15F3O. The highest BCUT2D eigenvalue weighted by Gasteiger charge is 2.49. The highest BCUT2D eigenvalue weighted by molar-refractivity contribution is 5.42. The third kappa shape index (κ3) is 2.06. The van der Waals surface area contributed by atoms with Crippen LogP contribution in [0.3, 0.4) is 0 Å². The summed E-state index contributed by atoms with van der Waals surface area (Å²) in [6, 6.07) is 3.78. The van der Waals surface area contributed by atoms with Gasteiger partial charge in [-0.05, 0) is 49.9 Å². The van der Waals surface area contributed by atoms with Gasteiger partial charge >= 0.3 is 6.18 Å². The topological polar surface area (TPSA) is 20.2 Å². The van der Waals surface area contributed by atoms with Crippen LogP contribution in [0, 0.1) is 6.92 Å². The first-order valence-electron chi connectivity index (χ1n) is 5.64. The van der Waals surface area contributed by atoms with Crippen LogP contribution in [-0.2, 0) is 11.6 Å².